The summed E-state index contributed by atoms with van der Waals surface area (Å²) in [5, 5.41) is 7.24. The van der Waals surface area contributed by atoms with Gasteiger partial charge in [-0.1, -0.05) is 28.1 Å². The molecule has 6 heteroatoms. The molecule has 0 aliphatic heterocycles. The molecule has 1 amide bonds. The normalized spacial score (nSPS) is 11.1. The first-order chi connectivity index (χ1) is 13.8. The van der Waals surface area contributed by atoms with E-state index in [2.05, 4.69) is 75.3 Å². The van der Waals surface area contributed by atoms with Crippen molar-refractivity contribution in [2.24, 2.45) is 5.10 Å². The molecule has 0 atom stereocenters. The average Bonchev–Trinajstić information content (AvgIpc) is 2.96. The second-order valence-corrected chi connectivity index (χ2v) is 8.00. The van der Waals surface area contributed by atoms with E-state index in [1.165, 1.54) is 11.1 Å². The van der Waals surface area contributed by atoms with Crippen LogP contribution in [0.25, 0.3) is 5.69 Å². The molecule has 2 N–H and O–H groups in total. The third kappa shape index (κ3) is 5.15. The molecular weight excluding hydrogens is 428 g/mol. The number of amides is 1. The quantitative estimate of drug-likeness (QED) is 0.406. The molecule has 2 aromatic carbocycles. The molecule has 0 aliphatic rings. The lowest BCUT2D eigenvalue weighted by atomic mass is 10.1. The summed E-state index contributed by atoms with van der Waals surface area (Å²) in [6.07, 6.45) is 1.69. The number of aromatic nitrogens is 1. The minimum Gasteiger partial charge on any atom is -0.376 e. The molecule has 3 rings (SSSR count). The van der Waals surface area contributed by atoms with Crippen LogP contribution in [0.5, 0.6) is 0 Å². The van der Waals surface area contributed by atoms with Gasteiger partial charge in [-0.05, 0) is 75.2 Å². The van der Waals surface area contributed by atoms with Crippen LogP contribution >= 0.6 is 15.9 Å². The molecule has 3 aromatic rings. The summed E-state index contributed by atoms with van der Waals surface area (Å²) in [6, 6.07) is 16.2. The number of nitrogens with one attached hydrogen (secondary N) is 2. The highest BCUT2D eigenvalue weighted by atomic mass is 79.9. The SMILES string of the molecule is Cc1ccc(NCC(=O)N/N=C/c2cc(C)n(-c3cccc(Br)c3)c2C)cc1C. The summed E-state index contributed by atoms with van der Waals surface area (Å²) < 4.78 is 3.19. The first-order valence-corrected chi connectivity index (χ1v) is 10.2. The topological polar surface area (TPSA) is 58.4 Å². The van der Waals surface area contributed by atoms with Crippen molar-refractivity contribution >= 4 is 33.7 Å². The van der Waals surface area contributed by atoms with Crippen LogP contribution in [0.3, 0.4) is 0 Å². The standard InChI is InChI=1S/C23H25BrN4O/c1-15-8-9-21(10-16(15)2)25-14-23(29)27-26-13-19-11-17(3)28(18(19)4)22-7-5-6-20(24)12-22/h5-13,25H,14H2,1-4H3,(H,27,29)/b26-13+. The number of hydrazone groups is 1. The molecule has 0 spiro atoms. The van der Waals surface area contributed by atoms with Gasteiger partial charge in [-0.3, -0.25) is 4.79 Å². The molecule has 1 aromatic heterocycles. The fourth-order valence-corrected chi connectivity index (χ4v) is 3.57. The lowest BCUT2D eigenvalue weighted by Gasteiger charge is -2.10. The minimum absolute atomic E-state index is 0.164. The Morgan fingerprint density at radius 3 is 2.59 bits per heavy atom. The van der Waals surface area contributed by atoms with Crippen molar-refractivity contribution in [3.8, 4) is 5.69 Å². The Bertz CT molecular complexity index is 1070. The number of anilines is 1. The molecule has 150 valence electrons. The number of carbonyl (C=O) groups is 1. The number of rotatable bonds is 6. The largest absolute Gasteiger partial charge is 0.376 e. The number of aryl methyl sites for hydroxylation is 3. The van der Waals surface area contributed by atoms with Crippen LogP contribution < -0.4 is 10.7 Å². The zero-order chi connectivity index (χ0) is 21.0. The highest BCUT2D eigenvalue weighted by molar-refractivity contribution is 9.10. The van der Waals surface area contributed by atoms with E-state index >= 15 is 0 Å². The van der Waals surface area contributed by atoms with Crippen LogP contribution in [0.15, 0.2) is 58.1 Å². The van der Waals surface area contributed by atoms with E-state index in [1.807, 2.05) is 37.3 Å². The number of hydrogen-bond acceptors (Lipinski definition) is 3. The Kier molecular flexibility index (Phi) is 6.54. The molecule has 0 fully saturated rings. The summed E-state index contributed by atoms with van der Waals surface area (Å²) in [6.45, 7) is 8.37. The predicted molar refractivity (Wildman–Crippen MR) is 123 cm³/mol. The van der Waals surface area contributed by atoms with Gasteiger partial charge in [-0.25, -0.2) is 5.43 Å². The van der Waals surface area contributed by atoms with Gasteiger partial charge in [0.15, 0.2) is 0 Å². The van der Waals surface area contributed by atoms with Gasteiger partial charge in [0.1, 0.15) is 0 Å². The first kappa shape index (κ1) is 20.9. The van der Waals surface area contributed by atoms with Gasteiger partial charge in [0.25, 0.3) is 5.91 Å². The van der Waals surface area contributed by atoms with Gasteiger partial charge in [0.2, 0.25) is 0 Å². The molecule has 0 unspecified atom stereocenters. The maximum Gasteiger partial charge on any atom is 0.259 e. The monoisotopic (exact) mass is 452 g/mol. The van der Waals surface area contributed by atoms with E-state index in [-0.39, 0.29) is 12.5 Å². The molecule has 0 saturated carbocycles. The highest BCUT2D eigenvalue weighted by Crippen LogP contribution is 2.22. The van der Waals surface area contributed by atoms with Crippen LogP contribution in [-0.4, -0.2) is 23.2 Å². The van der Waals surface area contributed by atoms with Crippen LogP contribution in [-0.2, 0) is 4.79 Å². The van der Waals surface area contributed by atoms with Crippen molar-refractivity contribution < 1.29 is 4.79 Å². The van der Waals surface area contributed by atoms with E-state index in [4.69, 9.17) is 0 Å². The third-order valence-corrected chi connectivity index (χ3v) is 5.38. The third-order valence-electron chi connectivity index (χ3n) is 4.89. The van der Waals surface area contributed by atoms with Crippen molar-refractivity contribution in [3.63, 3.8) is 0 Å². The number of nitrogens with zero attached hydrogens (tertiary/aromatic N) is 2. The fourth-order valence-electron chi connectivity index (χ4n) is 3.18. The van der Waals surface area contributed by atoms with Gasteiger partial charge in [-0.15, -0.1) is 0 Å². The molecule has 29 heavy (non-hydrogen) atoms. The van der Waals surface area contributed by atoms with Gasteiger partial charge >= 0.3 is 0 Å². The Morgan fingerprint density at radius 1 is 1.07 bits per heavy atom. The molecule has 5 nitrogen and oxygen atoms in total. The average molecular weight is 453 g/mol. The number of hydrogen-bond donors (Lipinski definition) is 2. The zero-order valence-corrected chi connectivity index (χ0v) is 18.7. The molecular formula is C23H25BrN4O. The van der Waals surface area contributed by atoms with E-state index in [0.717, 1.165) is 32.8 Å². The summed E-state index contributed by atoms with van der Waals surface area (Å²) in [5.41, 5.74) is 10.1. The molecule has 0 radical (unpaired) electrons. The van der Waals surface area contributed by atoms with Crippen LogP contribution in [0.2, 0.25) is 0 Å². The number of benzene rings is 2. The maximum absolute atomic E-state index is 12.1. The van der Waals surface area contributed by atoms with Gasteiger partial charge in [0, 0.05) is 32.8 Å². The van der Waals surface area contributed by atoms with Crippen molar-refractivity contribution in [1.29, 1.82) is 0 Å². The lowest BCUT2D eigenvalue weighted by molar-refractivity contribution is -0.119. The molecule has 0 saturated heterocycles. The molecule has 1 heterocycles. The van der Waals surface area contributed by atoms with E-state index < -0.39 is 0 Å². The van der Waals surface area contributed by atoms with Gasteiger partial charge in [0.05, 0.1) is 12.8 Å². The minimum atomic E-state index is -0.194. The first-order valence-electron chi connectivity index (χ1n) is 9.43. The molecule has 0 aliphatic carbocycles. The lowest BCUT2D eigenvalue weighted by Crippen LogP contribution is -2.25. The Morgan fingerprint density at radius 2 is 1.86 bits per heavy atom. The Hall–Kier alpha value is -2.86. The second-order valence-electron chi connectivity index (χ2n) is 7.09. The smallest absolute Gasteiger partial charge is 0.259 e. The van der Waals surface area contributed by atoms with Gasteiger partial charge < -0.3 is 9.88 Å². The van der Waals surface area contributed by atoms with Crippen molar-refractivity contribution in [2.75, 3.05) is 11.9 Å². The Balaban J connectivity index is 1.62. The fraction of sp³-hybridized carbons (Fsp3) is 0.217. The van der Waals surface area contributed by atoms with Crippen molar-refractivity contribution in [3.05, 3.63) is 81.1 Å². The number of halogens is 1. The van der Waals surface area contributed by atoms with Crippen LogP contribution in [0.4, 0.5) is 5.69 Å². The maximum atomic E-state index is 12.1. The highest BCUT2D eigenvalue weighted by Gasteiger charge is 2.10. The van der Waals surface area contributed by atoms with Crippen LogP contribution in [0, 0.1) is 27.7 Å². The second kappa shape index (κ2) is 9.09. The summed E-state index contributed by atoms with van der Waals surface area (Å²) in [7, 11) is 0. The van der Waals surface area contributed by atoms with E-state index in [1.54, 1.807) is 6.21 Å². The predicted octanol–water partition coefficient (Wildman–Crippen LogP) is 5.04. The zero-order valence-electron chi connectivity index (χ0n) is 17.1. The summed E-state index contributed by atoms with van der Waals surface area (Å²) in [5.74, 6) is -0.194. The van der Waals surface area contributed by atoms with Gasteiger partial charge in [-0.2, -0.15) is 5.10 Å². The Labute approximate surface area is 180 Å². The van der Waals surface area contributed by atoms with Crippen LogP contribution in [0.1, 0.15) is 28.1 Å². The van der Waals surface area contributed by atoms with Crippen molar-refractivity contribution in [1.82, 2.24) is 9.99 Å². The number of carbonyl (C=O) groups excluding carboxylic acids is 1. The van der Waals surface area contributed by atoms with Crippen molar-refractivity contribution in [2.45, 2.75) is 27.7 Å². The molecule has 0 bridgehead atoms. The summed E-state index contributed by atoms with van der Waals surface area (Å²) >= 11 is 3.52. The summed E-state index contributed by atoms with van der Waals surface area (Å²) in [4.78, 5) is 12.1. The van der Waals surface area contributed by atoms with E-state index in [9.17, 15) is 4.79 Å². The van der Waals surface area contributed by atoms with E-state index in [0.29, 0.717) is 0 Å².